The summed E-state index contributed by atoms with van der Waals surface area (Å²) < 4.78 is 6.03. The molecule has 0 radical (unpaired) electrons. The van der Waals surface area contributed by atoms with Crippen LogP contribution in [0.5, 0.6) is 0 Å². The summed E-state index contributed by atoms with van der Waals surface area (Å²) in [5.74, 6) is -0.627. The molecular weight excluding hydrogens is 539 g/mol. The topological polar surface area (TPSA) is 149 Å². The van der Waals surface area contributed by atoms with Crippen molar-refractivity contribution in [3.05, 3.63) is 79.4 Å². The van der Waals surface area contributed by atoms with Crippen LogP contribution in [-0.4, -0.2) is 44.2 Å². The molecule has 0 saturated heterocycles. The van der Waals surface area contributed by atoms with Gasteiger partial charge in [-0.25, -0.2) is 9.59 Å². The van der Waals surface area contributed by atoms with Gasteiger partial charge in [0.25, 0.3) is 11.6 Å². The molecule has 3 amide bonds. The number of non-ortho nitro benzene ring substituents is 1. The predicted octanol–water partition coefficient (Wildman–Crippen LogP) is 5.64. The SMILES string of the molecule is CCOC(=O)n1nc2c(c1NC(=O)c1ccc([N+](=O)[O-])cc1)CN(C(=O)Nc1c(Cl)cccc1Cl)C2(C)C. The number of carbonyl (C=O) groups excluding carboxylic acids is 3. The average Bonchev–Trinajstić information content (AvgIpc) is 3.35. The first-order valence-electron chi connectivity index (χ1n) is 11.3. The lowest BCUT2D eigenvalue weighted by molar-refractivity contribution is -0.384. The Labute approximate surface area is 226 Å². The normalized spacial score (nSPS) is 13.6. The predicted molar refractivity (Wildman–Crippen MR) is 140 cm³/mol. The van der Waals surface area contributed by atoms with E-state index in [-0.39, 0.29) is 46.0 Å². The van der Waals surface area contributed by atoms with E-state index >= 15 is 0 Å². The standard InChI is InChI=1S/C24H22Cl2N6O6/c1-4-38-23(35)31-20(28-21(33)13-8-10-14(11-9-13)32(36)37)15-12-30(24(2,3)19(15)29-31)22(34)27-18-16(25)6-5-7-17(18)26/h5-11H,4,12H2,1-3H3,(H,27,34)(H,28,33). The van der Waals surface area contributed by atoms with E-state index in [2.05, 4.69) is 15.7 Å². The Bertz CT molecular complexity index is 1430. The Kier molecular flexibility index (Phi) is 7.29. The number of amides is 3. The molecule has 1 aliphatic heterocycles. The Balaban J connectivity index is 1.68. The summed E-state index contributed by atoms with van der Waals surface area (Å²) >= 11 is 12.4. The third kappa shape index (κ3) is 4.87. The summed E-state index contributed by atoms with van der Waals surface area (Å²) in [5.41, 5.74) is -0.0621. The molecule has 0 atom stereocenters. The first kappa shape index (κ1) is 26.9. The maximum absolute atomic E-state index is 13.3. The third-order valence-electron chi connectivity index (χ3n) is 6.01. The molecule has 4 rings (SSSR count). The molecule has 2 N–H and O–H groups in total. The minimum Gasteiger partial charge on any atom is -0.448 e. The zero-order valence-corrected chi connectivity index (χ0v) is 22.0. The second-order valence-electron chi connectivity index (χ2n) is 8.72. The molecule has 0 spiro atoms. The zero-order chi connectivity index (χ0) is 27.8. The highest BCUT2D eigenvalue weighted by Gasteiger charge is 2.46. The summed E-state index contributed by atoms with van der Waals surface area (Å²) in [6.07, 6.45) is -0.824. The molecule has 38 heavy (non-hydrogen) atoms. The van der Waals surface area contributed by atoms with Crippen LogP contribution in [0.2, 0.25) is 10.0 Å². The molecule has 3 aromatic rings. The molecule has 1 aliphatic rings. The number of nitrogens with one attached hydrogen (secondary N) is 2. The van der Waals surface area contributed by atoms with Gasteiger partial charge in [-0.15, -0.1) is 4.68 Å². The van der Waals surface area contributed by atoms with Crippen LogP contribution >= 0.6 is 23.2 Å². The number of nitro benzene ring substituents is 1. The molecular formula is C24H22Cl2N6O6. The second kappa shape index (κ2) is 10.3. The molecule has 0 fully saturated rings. The molecule has 1 aromatic heterocycles. The van der Waals surface area contributed by atoms with Crippen LogP contribution in [0.1, 0.15) is 42.4 Å². The number of aromatic nitrogens is 2. The number of rotatable bonds is 5. The highest BCUT2D eigenvalue weighted by molar-refractivity contribution is 6.39. The fourth-order valence-corrected chi connectivity index (χ4v) is 4.54. The number of anilines is 2. The summed E-state index contributed by atoms with van der Waals surface area (Å²) in [6.45, 7) is 5.13. The van der Waals surface area contributed by atoms with Crippen LogP contribution in [-0.2, 0) is 16.8 Å². The van der Waals surface area contributed by atoms with Gasteiger partial charge < -0.3 is 20.3 Å². The van der Waals surface area contributed by atoms with Crippen molar-refractivity contribution in [2.24, 2.45) is 0 Å². The Morgan fingerprint density at radius 1 is 1.11 bits per heavy atom. The average molecular weight is 561 g/mol. The van der Waals surface area contributed by atoms with Gasteiger partial charge in [0, 0.05) is 23.3 Å². The van der Waals surface area contributed by atoms with Crippen LogP contribution in [0, 0.1) is 10.1 Å². The Hall–Kier alpha value is -4.16. The number of halogens is 2. The van der Waals surface area contributed by atoms with Crippen molar-refractivity contribution in [3.63, 3.8) is 0 Å². The van der Waals surface area contributed by atoms with E-state index in [0.29, 0.717) is 11.3 Å². The maximum atomic E-state index is 13.3. The molecule has 0 unspecified atom stereocenters. The Morgan fingerprint density at radius 2 is 1.74 bits per heavy atom. The number of ether oxygens (including phenoxy) is 1. The number of urea groups is 1. The van der Waals surface area contributed by atoms with Crippen LogP contribution in [0.3, 0.4) is 0 Å². The van der Waals surface area contributed by atoms with Gasteiger partial charge in [-0.1, -0.05) is 29.3 Å². The fraction of sp³-hybridized carbons (Fsp3) is 0.250. The van der Waals surface area contributed by atoms with Gasteiger partial charge in [0.15, 0.2) is 0 Å². The maximum Gasteiger partial charge on any atom is 0.436 e. The smallest absolute Gasteiger partial charge is 0.436 e. The van der Waals surface area contributed by atoms with E-state index in [1.807, 2.05) is 0 Å². The second-order valence-corrected chi connectivity index (χ2v) is 9.53. The summed E-state index contributed by atoms with van der Waals surface area (Å²) in [5, 5.41) is 21.2. The lowest BCUT2D eigenvalue weighted by atomic mass is 10.0. The molecule has 12 nitrogen and oxygen atoms in total. The van der Waals surface area contributed by atoms with Gasteiger partial charge >= 0.3 is 12.1 Å². The number of para-hydroxylation sites is 1. The highest BCUT2D eigenvalue weighted by atomic mass is 35.5. The van der Waals surface area contributed by atoms with Crippen molar-refractivity contribution in [2.75, 3.05) is 17.2 Å². The Morgan fingerprint density at radius 3 is 2.32 bits per heavy atom. The number of benzene rings is 2. The quantitative estimate of drug-likeness (QED) is 0.303. The van der Waals surface area contributed by atoms with Gasteiger partial charge in [0.05, 0.1) is 45.0 Å². The first-order chi connectivity index (χ1) is 17.9. The number of carbonyl (C=O) groups is 3. The zero-order valence-electron chi connectivity index (χ0n) is 20.4. The molecule has 14 heteroatoms. The van der Waals surface area contributed by atoms with Gasteiger partial charge in [0.2, 0.25) is 0 Å². The van der Waals surface area contributed by atoms with Gasteiger partial charge in [0.1, 0.15) is 5.82 Å². The molecule has 2 aromatic carbocycles. The van der Waals surface area contributed by atoms with Crippen molar-refractivity contribution in [1.29, 1.82) is 0 Å². The van der Waals surface area contributed by atoms with E-state index in [1.54, 1.807) is 39.0 Å². The lowest BCUT2D eigenvalue weighted by Gasteiger charge is -2.32. The van der Waals surface area contributed by atoms with Crippen molar-refractivity contribution in [3.8, 4) is 0 Å². The first-order valence-corrected chi connectivity index (χ1v) is 12.1. The van der Waals surface area contributed by atoms with E-state index in [0.717, 1.165) is 4.68 Å². The van der Waals surface area contributed by atoms with Crippen LogP contribution in [0.25, 0.3) is 0 Å². The number of hydrogen-bond acceptors (Lipinski definition) is 7. The molecule has 0 aliphatic carbocycles. The molecule has 2 heterocycles. The lowest BCUT2D eigenvalue weighted by Crippen LogP contribution is -2.43. The van der Waals surface area contributed by atoms with E-state index in [9.17, 15) is 24.5 Å². The van der Waals surface area contributed by atoms with E-state index in [4.69, 9.17) is 27.9 Å². The third-order valence-corrected chi connectivity index (χ3v) is 6.64. The minimum absolute atomic E-state index is 0.0148. The van der Waals surface area contributed by atoms with Gasteiger partial charge in [-0.2, -0.15) is 5.10 Å². The van der Waals surface area contributed by atoms with Crippen LogP contribution in [0.4, 0.5) is 26.8 Å². The number of nitrogens with zero attached hydrogens (tertiary/aromatic N) is 4. The number of hydrogen-bond donors (Lipinski definition) is 2. The van der Waals surface area contributed by atoms with Crippen molar-refractivity contribution in [2.45, 2.75) is 32.9 Å². The summed E-state index contributed by atoms with van der Waals surface area (Å²) in [6, 6.07) is 9.25. The van der Waals surface area contributed by atoms with E-state index in [1.165, 1.54) is 29.2 Å². The van der Waals surface area contributed by atoms with Gasteiger partial charge in [-0.3, -0.25) is 14.9 Å². The molecule has 0 saturated carbocycles. The summed E-state index contributed by atoms with van der Waals surface area (Å²) in [4.78, 5) is 50.8. The molecule has 0 bridgehead atoms. The van der Waals surface area contributed by atoms with Crippen molar-refractivity contribution in [1.82, 2.24) is 14.7 Å². The molecule has 198 valence electrons. The highest BCUT2D eigenvalue weighted by Crippen LogP contribution is 2.42. The number of nitro groups is 1. The fourth-order valence-electron chi connectivity index (χ4n) is 4.05. The number of fused-ring (bicyclic) bond motifs is 1. The van der Waals surface area contributed by atoms with Crippen molar-refractivity contribution < 1.29 is 24.0 Å². The van der Waals surface area contributed by atoms with Gasteiger partial charge in [-0.05, 0) is 45.0 Å². The monoisotopic (exact) mass is 560 g/mol. The summed E-state index contributed by atoms with van der Waals surface area (Å²) in [7, 11) is 0. The van der Waals surface area contributed by atoms with E-state index < -0.39 is 28.5 Å². The largest absolute Gasteiger partial charge is 0.448 e. The van der Waals surface area contributed by atoms with Crippen LogP contribution in [0.15, 0.2) is 42.5 Å². The minimum atomic E-state index is -1.02. The van der Waals surface area contributed by atoms with Crippen LogP contribution < -0.4 is 10.6 Å². The van der Waals surface area contributed by atoms with Crippen molar-refractivity contribution >= 4 is 58.4 Å².